The number of likely N-dealkylation sites (N-methyl/N-ethyl adjacent to an activating group) is 2. The Bertz CT molecular complexity index is 498. The van der Waals surface area contributed by atoms with Crippen molar-refractivity contribution >= 4 is 10.0 Å². The van der Waals surface area contributed by atoms with Crippen LogP contribution >= 0.6 is 0 Å². The van der Waals surface area contributed by atoms with Crippen molar-refractivity contribution in [2.24, 2.45) is 5.73 Å². The van der Waals surface area contributed by atoms with Gasteiger partial charge >= 0.3 is 0 Å². The summed E-state index contributed by atoms with van der Waals surface area (Å²) in [7, 11) is 2.07. The molecule has 0 amide bonds. The Balaban J connectivity index is 2.76. The maximum absolute atomic E-state index is 12.4. The third-order valence-electron chi connectivity index (χ3n) is 3.16. The highest BCUT2D eigenvalue weighted by atomic mass is 32.2. The van der Waals surface area contributed by atoms with Crippen LogP contribution in [0.3, 0.4) is 0 Å². The Hall–Kier alpha value is -0.950. The Morgan fingerprint density at radius 1 is 1.05 bits per heavy atom. The second-order valence-corrected chi connectivity index (χ2v) is 7.21. The van der Waals surface area contributed by atoms with Crippen molar-refractivity contribution in [3.8, 4) is 0 Å². The van der Waals surface area contributed by atoms with E-state index in [2.05, 4.69) is 0 Å². The number of rotatable bonds is 8. The van der Waals surface area contributed by atoms with E-state index in [0.717, 1.165) is 18.4 Å². The Morgan fingerprint density at radius 2 is 1.65 bits per heavy atom. The van der Waals surface area contributed by atoms with Gasteiger partial charge in [0.25, 0.3) is 0 Å². The first-order valence-electron chi connectivity index (χ1n) is 6.78. The third kappa shape index (κ3) is 4.86. The van der Waals surface area contributed by atoms with Gasteiger partial charge < -0.3 is 10.6 Å². The monoisotopic (exact) mass is 299 g/mol. The first-order chi connectivity index (χ1) is 9.37. The van der Waals surface area contributed by atoms with Crippen LogP contribution in [0.4, 0.5) is 0 Å². The van der Waals surface area contributed by atoms with Crippen LogP contribution in [0.25, 0.3) is 0 Å². The molecule has 0 heterocycles. The Kier molecular flexibility index (Phi) is 6.61. The van der Waals surface area contributed by atoms with Gasteiger partial charge in [-0.2, -0.15) is 4.31 Å². The molecule has 0 aromatic heterocycles. The number of hydrogen-bond acceptors (Lipinski definition) is 4. The van der Waals surface area contributed by atoms with Gasteiger partial charge in [0.15, 0.2) is 0 Å². The highest BCUT2D eigenvalue weighted by Gasteiger charge is 2.20. The van der Waals surface area contributed by atoms with Gasteiger partial charge in [-0.1, -0.05) is 12.1 Å². The van der Waals surface area contributed by atoms with Crippen molar-refractivity contribution in [2.45, 2.75) is 17.7 Å². The van der Waals surface area contributed by atoms with E-state index in [1.807, 2.05) is 31.1 Å². The fraction of sp³-hybridized carbons (Fsp3) is 0.571. The standard InChI is InChI=1S/C14H25N3O2S/c1-16(2)11-12-17(3)20(18,19)14-8-6-13(7-9-14)5-4-10-15/h6-9H,4-5,10-12,15H2,1-3H3. The van der Waals surface area contributed by atoms with E-state index in [1.165, 1.54) is 4.31 Å². The van der Waals surface area contributed by atoms with Crippen molar-refractivity contribution < 1.29 is 8.42 Å². The van der Waals surface area contributed by atoms with Crippen LogP contribution in [0, 0.1) is 0 Å². The van der Waals surface area contributed by atoms with Gasteiger partial charge in [-0.05, 0) is 51.2 Å². The van der Waals surface area contributed by atoms with Gasteiger partial charge in [-0.15, -0.1) is 0 Å². The highest BCUT2D eigenvalue weighted by Crippen LogP contribution is 2.15. The van der Waals surface area contributed by atoms with E-state index >= 15 is 0 Å². The zero-order chi connectivity index (χ0) is 15.2. The average molecular weight is 299 g/mol. The predicted octanol–water partition coefficient (Wildman–Crippen LogP) is 0.760. The molecule has 114 valence electrons. The molecule has 5 nitrogen and oxygen atoms in total. The second-order valence-electron chi connectivity index (χ2n) is 5.17. The third-order valence-corrected chi connectivity index (χ3v) is 5.03. The number of aryl methyl sites for hydroxylation is 1. The van der Waals surface area contributed by atoms with Crippen LogP contribution in [0.15, 0.2) is 29.2 Å². The summed E-state index contributed by atoms with van der Waals surface area (Å²) in [6, 6.07) is 7.07. The quantitative estimate of drug-likeness (QED) is 0.769. The van der Waals surface area contributed by atoms with Crippen molar-refractivity contribution in [3.05, 3.63) is 29.8 Å². The molecule has 0 bridgehead atoms. The van der Waals surface area contributed by atoms with E-state index in [9.17, 15) is 8.42 Å². The van der Waals surface area contributed by atoms with Gasteiger partial charge in [0.05, 0.1) is 4.90 Å². The lowest BCUT2D eigenvalue weighted by atomic mass is 10.1. The Labute approximate surface area is 122 Å². The molecular weight excluding hydrogens is 274 g/mol. The maximum Gasteiger partial charge on any atom is 0.242 e. The smallest absolute Gasteiger partial charge is 0.242 e. The zero-order valence-corrected chi connectivity index (χ0v) is 13.4. The van der Waals surface area contributed by atoms with Crippen molar-refractivity contribution in [1.82, 2.24) is 9.21 Å². The summed E-state index contributed by atoms with van der Waals surface area (Å²) in [5.74, 6) is 0. The summed E-state index contributed by atoms with van der Waals surface area (Å²) in [4.78, 5) is 2.30. The van der Waals surface area contributed by atoms with Gasteiger partial charge in [0.2, 0.25) is 10.0 Å². The summed E-state index contributed by atoms with van der Waals surface area (Å²) in [6.45, 7) is 1.82. The molecule has 1 aromatic rings. The van der Waals surface area contributed by atoms with Gasteiger partial charge in [0, 0.05) is 20.1 Å². The van der Waals surface area contributed by atoms with Crippen molar-refractivity contribution in [1.29, 1.82) is 0 Å². The number of sulfonamides is 1. The molecule has 1 rings (SSSR count). The fourth-order valence-corrected chi connectivity index (χ4v) is 2.94. The summed E-state index contributed by atoms with van der Waals surface area (Å²) >= 11 is 0. The average Bonchev–Trinajstić information content (AvgIpc) is 2.42. The SMILES string of the molecule is CN(C)CCN(C)S(=O)(=O)c1ccc(CCCN)cc1. The second kappa shape index (κ2) is 7.73. The zero-order valence-electron chi connectivity index (χ0n) is 12.5. The molecule has 0 radical (unpaired) electrons. The largest absolute Gasteiger partial charge is 0.330 e. The molecule has 0 atom stereocenters. The van der Waals surface area contributed by atoms with Crippen molar-refractivity contribution in [2.75, 3.05) is 40.8 Å². The van der Waals surface area contributed by atoms with Crippen LogP contribution in [-0.2, 0) is 16.4 Å². The van der Waals surface area contributed by atoms with Crippen molar-refractivity contribution in [3.63, 3.8) is 0 Å². The van der Waals surface area contributed by atoms with Crippen LogP contribution in [0.5, 0.6) is 0 Å². The van der Waals surface area contributed by atoms with E-state index in [0.29, 0.717) is 24.5 Å². The Morgan fingerprint density at radius 3 is 2.15 bits per heavy atom. The molecule has 0 spiro atoms. The van der Waals surface area contributed by atoms with Gasteiger partial charge in [0.1, 0.15) is 0 Å². The van der Waals surface area contributed by atoms with Crippen LogP contribution in [-0.4, -0.2) is 58.4 Å². The van der Waals surface area contributed by atoms with Crippen LogP contribution < -0.4 is 5.73 Å². The summed E-state index contributed by atoms with van der Waals surface area (Å²) in [5.41, 5.74) is 6.58. The van der Waals surface area contributed by atoms with E-state index in [4.69, 9.17) is 5.73 Å². The highest BCUT2D eigenvalue weighted by molar-refractivity contribution is 7.89. The van der Waals surface area contributed by atoms with E-state index < -0.39 is 10.0 Å². The number of nitrogens with two attached hydrogens (primary N) is 1. The minimum atomic E-state index is -3.39. The molecule has 0 saturated heterocycles. The summed E-state index contributed by atoms with van der Waals surface area (Å²) in [6.07, 6.45) is 1.79. The molecule has 0 unspecified atom stereocenters. The molecule has 20 heavy (non-hydrogen) atoms. The molecule has 0 aliphatic rings. The van der Waals surface area contributed by atoms with Crippen LogP contribution in [0.1, 0.15) is 12.0 Å². The normalized spacial score (nSPS) is 12.3. The summed E-state index contributed by atoms with van der Waals surface area (Å²) in [5, 5.41) is 0. The first-order valence-corrected chi connectivity index (χ1v) is 8.22. The molecular formula is C14H25N3O2S. The predicted molar refractivity (Wildman–Crippen MR) is 82.2 cm³/mol. The fourth-order valence-electron chi connectivity index (χ4n) is 1.78. The first kappa shape index (κ1) is 17.1. The minimum absolute atomic E-state index is 0.343. The van der Waals surface area contributed by atoms with E-state index in [-0.39, 0.29) is 0 Å². The lowest BCUT2D eigenvalue weighted by Gasteiger charge is -2.19. The molecule has 0 saturated carbocycles. The van der Waals surface area contributed by atoms with Gasteiger partial charge in [-0.25, -0.2) is 8.42 Å². The topological polar surface area (TPSA) is 66.6 Å². The molecule has 2 N–H and O–H groups in total. The van der Waals surface area contributed by atoms with Crippen LogP contribution in [0.2, 0.25) is 0 Å². The minimum Gasteiger partial charge on any atom is -0.330 e. The molecule has 0 aliphatic carbocycles. The number of benzene rings is 1. The number of nitrogens with zero attached hydrogens (tertiary/aromatic N) is 2. The summed E-state index contributed by atoms with van der Waals surface area (Å²) < 4.78 is 26.1. The lowest BCUT2D eigenvalue weighted by molar-refractivity contribution is 0.358. The lowest BCUT2D eigenvalue weighted by Crippen LogP contribution is -2.33. The maximum atomic E-state index is 12.4. The molecule has 0 fully saturated rings. The van der Waals surface area contributed by atoms with E-state index in [1.54, 1.807) is 19.2 Å². The van der Waals surface area contributed by atoms with Gasteiger partial charge in [-0.3, -0.25) is 0 Å². The molecule has 1 aromatic carbocycles. The number of hydrogen-bond donors (Lipinski definition) is 1. The molecule has 6 heteroatoms. The molecule has 0 aliphatic heterocycles.